The van der Waals surface area contributed by atoms with Crippen molar-refractivity contribution in [3.63, 3.8) is 0 Å². The van der Waals surface area contributed by atoms with Gasteiger partial charge >= 0.3 is 0 Å². The van der Waals surface area contributed by atoms with Crippen molar-refractivity contribution in [3.8, 4) is 0 Å². The summed E-state index contributed by atoms with van der Waals surface area (Å²) in [6.07, 6.45) is 1.53. The molecule has 0 saturated carbocycles. The van der Waals surface area contributed by atoms with Gasteiger partial charge in [0, 0.05) is 45.7 Å². The van der Waals surface area contributed by atoms with Crippen molar-refractivity contribution in [2.45, 2.75) is 18.4 Å². The van der Waals surface area contributed by atoms with E-state index in [0.717, 1.165) is 32.5 Å². The van der Waals surface area contributed by atoms with Gasteiger partial charge in [-0.3, -0.25) is 0 Å². The van der Waals surface area contributed by atoms with Gasteiger partial charge in [-0.1, -0.05) is 0 Å². The van der Waals surface area contributed by atoms with E-state index in [1.165, 1.54) is 0 Å². The van der Waals surface area contributed by atoms with Crippen molar-refractivity contribution >= 4 is 0 Å². The third-order valence-corrected chi connectivity index (χ3v) is 2.92. The summed E-state index contributed by atoms with van der Waals surface area (Å²) in [6, 6.07) is 0. The highest BCUT2D eigenvalue weighted by Crippen LogP contribution is 2.20. The number of likely N-dealkylation sites (N-methyl/N-ethyl adjacent to an activating group) is 2. The van der Waals surface area contributed by atoms with Gasteiger partial charge in [-0.25, -0.2) is 0 Å². The van der Waals surface area contributed by atoms with Gasteiger partial charge in [-0.15, -0.1) is 0 Å². The van der Waals surface area contributed by atoms with Crippen LogP contribution in [0.15, 0.2) is 0 Å². The Kier molecular flexibility index (Phi) is 4.99. The number of aliphatic hydroxyl groups is 1. The molecule has 0 spiro atoms. The molecule has 1 N–H and O–H groups in total. The molecule has 1 aliphatic rings. The quantitative estimate of drug-likeness (QED) is 0.703. The molecule has 1 saturated heterocycles. The summed E-state index contributed by atoms with van der Waals surface area (Å²) in [5.74, 6) is 0. The summed E-state index contributed by atoms with van der Waals surface area (Å²) >= 11 is 0. The van der Waals surface area contributed by atoms with Gasteiger partial charge in [-0.2, -0.15) is 0 Å². The molecular formula is C11H24N2O2. The van der Waals surface area contributed by atoms with Crippen molar-refractivity contribution < 1.29 is 9.84 Å². The topological polar surface area (TPSA) is 35.9 Å². The Bertz CT molecular complexity index is 179. The van der Waals surface area contributed by atoms with Crippen LogP contribution in [0.4, 0.5) is 0 Å². The average molecular weight is 216 g/mol. The van der Waals surface area contributed by atoms with Crippen molar-refractivity contribution in [2.24, 2.45) is 0 Å². The molecular weight excluding hydrogens is 192 g/mol. The molecule has 0 aromatic heterocycles. The van der Waals surface area contributed by atoms with Crippen molar-refractivity contribution in [3.05, 3.63) is 0 Å². The Morgan fingerprint density at radius 3 is 2.27 bits per heavy atom. The van der Waals surface area contributed by atoms with Crippen LogP contribution in [0.1, 0.15) is 12.8 Å². The first-order valence-corrected chi connectivity index (χ1v) is 5.65. The number of ether oxygens (including phenoxy) is 1. The molecule has 0 atom stereocenters. The number of rotatable bonds is 5. The summed E-state index contributed by atoms with van der Waals surface area (Å²) in [5.41, 5.74) is -0.528. The van der Waals surface area contributed by atoms with Crippen LogP contribution in [-0.2, 0) is 4.74 Å². The lowest BCUT2D eigenvalue weighted by molar-refractivity contribution is -0.0771. The van der Waals surface area contributed by atoms with E-state index in [1.54, 1.807) is 0 Å². The molecule has 90 valence electrons. The molecule has 1 rings (SSSR count). The monoisotopic (exact) mass is 216 g/mol. The number of hydrogen-bond acceptors (Lipinski definition) is 4. The first-order valence-electron chi connectivity index (χ1n) is 5.65. The van der Waals surface area contributed by atoms with Crippen molar-refractivity contribution in [1.82, 2.24) is 9.80 Å². The fourth-order valence-corrected chi connectivity index (χ4v) is 1.86. The van der Waals surface area contributed by atoms with Gasteiger partial charge in [0.2, 0.25) is 0 Å². The van der Waals surface area contributed by atoms with Crippen LogP contribution in [0.3, 0.4) is 0 Å². The number of nitrogens with zero attached hydrogens (tertiary/aromatic N) is 2. The zero-order valence-corrected chi connectivity index (χ0v) is 10.2. The van der Waals surface area contributed by atoms with Crippen molar-refractivity contribution in [1.29, 1.82) is 0 Å². The molecule has 4 nitrogen and oxygen atoms in total. The van der Waals surface area contributed by atoms with E-state index in [-0.39, 0.29) is 0 Å². The lowest BCUT2D eigenvalue weighted by atomic mass is 9.94. The first kappa shape index (κ1) is 12.9. The molecule has 15 heavy (non-hydrogen) atoms. The van der Waals surface area contributed by atoms with Crippen LogP contribution in [0.2, 0.25) is 0 Å². The Morgan fingerprint density at radius 1 is 1.13 bits per heavy atom. The summed E-state index contributed by atoms with van der Waals surface area (Å²) in [5, 5.41) is 10.3. The molecule has 1 fully saturated rings. The summed E-state index contributed by atoms with van der Waals surface area (Å²) in [7, 11) is 6.20. The van der Waals surface area contributed by atoms with Crippen LogP contribution in [0.5, 0.6) is 0 Å². The van der Waals surface area contributed by atoms with Crippen LogP contribution in [-0.4, -0.2) is 74.5 Å². The second-order valence-electron chi connectivity index (χ2n) is 4.88. The maximum Gasteiger partial charge on any atom is 0.0817 e. The van der Waals surface area contributed by atoms with Crippen LogP contribution < -0.4 is 0 Å². The minimum Gasteiger partial charge on any atom is -0.388 e. The third kappa shape index (κ3) is 4.93. The number of hydrogen-bond donors (Lipinski definition) is 1. The molecule has 0 aliphatic carbocycles. The summed E-state index contributed by atoms with van der Waals surface area (Å²) < 4.78 is 5.26. The van der Waals surface area contributed by atoms with E-state index in [2.05, 4.69) is 30.9 Å². The van der Waals surface area contributed by atoms with E-state index in [1.807, 2.05) is 0 Å². The Labute approximate surface area is 92.8 Å². The molecule has 0 unspecified atom stereocenters. The van der Waals surface area contributed by atoms with E-state index in [0.29, 0.717) is 13.2 Å². The van der Waals surface area contributed by atoms with Gasteiger partial charge in [0.1, 0.15) is 0 Å². The molecule has 0 bridgehead atoms. The first-order chi connectivity index (χ1) is 7.02. The van der Waals surface area contributed by atoms with E-state index < -0.39 is 5.60 Å². The van der Waals surface area contributed by atoms with E-state index in [9.17, 15) is 5.11 Å². The lowest BCUT2D eigenvalue weighted by Crippen LogP contribution is -2.46. The fraction of sp³-hybridized carbons (Fsp3) is 1.00. The lowest BCUT2D eigenvalue weighted by Gasteiger charge is -2.35. The Balaban J connectivity index is 2.25. The van der Waals surface area contributed by atoms with Gasteiger partial charge < -0.3 is 19.6 Å². The fourth-order valence-electron chi connectivity index (χ4n) is 1.86. The predicted molar refractivity (Wildman–Crippen MR) is 61.1 cm³/mol. The minimum absolute atomic E-state index is 0.528. The van der Waals surface area contributed by atoms with Gasteiger partial charge in [-0.05, 0) is 21.1 Å². The van der Waals surface area contributed by atoms with E-state index >= 15 is 0 Å². The standard InChI is InChI=1S/C11H24N2O2/c1-12(2)6-7-13(3)10-11(14)4-8-15-9-5-11/h14H,4-10H2,1-3H3. The minimum atomic E-state index is -0.528. The summed E-state index contributed by atoms with van der Waals surface area (Å²) in [4.78, 5) is 4.36. The van der Waals surface area contributed by atoms with Crippen molar-refractivity contribution in [2.75, 3.05) is 54.0 Å². The maximum atomic E-state index is 10.3. The van der Waals surface area contributed by atoms with Crippen LogP contribution >= 0.6 is 0 Å². The zero-order valence-electron chi connectivity index (χ0n) is 10.2. The average Bonchev–Trinajstić information content (AvgIpc) is 2.15. The summed E-state index contributed by atoms with van der Waals surface area (Å²) in [6.45, 7) is 4.17. The van der Waals surface area contributed by atoms with E-state index in [4.69, 9.17) is 4.74 Å². The molecule has 0 aromatic carbocycles. The Hall–Kier alpha value is -0.160. The van der Waals surface area contributed by atoms with Gasteiger partial charge in [0.25, 0.3) is 0 Å². The molecule has 1 aliphatic heterocycles. The second kappa shape index (κ2) is 5.80. The highest BCUT2D eigenvalue weighted by Gasteiger charge is 2.30. The molecule has 0 aromatic rings. The predicted octanol–water partition coefficient (Wildman–Crippen LogP) is 0.0213. The highest BCUT2D eigenvalue weighted by molar-refractivity contribution is 4.84. The van der Waals surface area contributed by atoms with Gasteiger partial charge in [0.05, 0.1) is 5.60 Å². The SMILES string of the molecule is CN(C)CCN(C)CC1(O)CCOCC1. The van der Waals surface area contributed by atoms with Crippen LogP contribution in [0.25, 0.3) is 0 Å². The Morgan fingerprint density at radius 2 is 1.73 bits per heavy atom. The zero-order chi connectivity index (χ0) is 11.3. The normalized spacial score (nSPS) is 21.2. The maximum absolute atomic E-state index is 10.3. The van der Waals surface area contributed by atoms with Gasteiger partial charge in [0.15, 0.2) is 0 Å². The molecule has 0 amide bonds. The highest BCUT2D eigenvalue weighted by atomic mass is 16.5. The van der Waals surface area contributed by atoms with Crippen LogP contribution in [0, 0.1) is 0 Å². The second-order valence-corrected chi connectivity index (χ2v) is 4.88. The molecule has 4 heteroatoms. The molecule has 0 radical (unpaired) electrons. The largest absolute Gasteiger partial charge is 0.388 e. The smallest absolute Gasteiger partial charge is 0.0817 e. The third-order valence-electron chi connectivity index (χ3n) is 2.92. The molecule has 1 heterocycles.